The smallest absolute Gasteiger partial charge is 0.417 e. The third-order valence-electron chi connectivity index (χ3n) is 3.98. The van der Waals surface area contributed by atoms with Crippen molar-refractivity contribution in [3.8, 4) is 16.9 Å². The Labute approximate surface area is 150 Å². The van der Waals surface area contributed by atoms with Crippen molar-refractivity contribution in [3.63, 3.8) is 0 Å². The van der Waals surface area contributed by atoms with Gasteiger partial charge >= 0.3 is 6.18 Å². The van der Waals surface area contributed by atoms with E-state index in [1.54, 1.807) is 0 Å². The molecule has 0 bridgehead atoms. The number of rotatable bonds is 2. The molecule has 24 heavy (non-hydrogen) atoms. The monoisotopic (exact) mass is 451 g/mol. The summed E-state index contributed by atoms with van der Waals surface area (Å²) in [6.07, 6.45) is -3.75. The number of ether oxygens (including phenoxy) is 1. The van der Waals surface area contributed by atoms with E-state index < -0.39 is 17.6 Å². The van der Waals surface area contributed by atoms with Gasteiger partial charge in [-0.3, -0.25) is 0 Å². The molecule has 0 fully saturated rings. The molecule has 0 radical (unpaired) electrons. The lowest BCUT2D eigenvalue weighted by Gasteiger charge is -2.30. The van der Waals surface area contributed by atoms with E-state index in [0.29, 0.717) is 18.4 Å². The Hall–Kier alpha value is -1.35. The van der Waals surface area contributed by atoms with E-state index in [-0.39, 0.29) is 27.0 Å². The minimum Gasteiger partial charge on any atom is -0.487 e. The molecule has 1 unspecified atom stereocenters. The standard InChI is InChI=1S/C17H14F4INO/c18-10-7-9-5-6-14(16(22)23)24-15(9)12(8-10)11-3-1-2-4-13(11)17(19,20)21/h1-4,7-8,14,16H,5-6,23H2/t14-,16?/m1/s1. The van der Waals surface area contributed by atoms with Crippen LogP contribution in [0.3, 0.4) is 0 Å². The number of halogens is 5. The fourth-order valence-electron chi connectivity index (χ4n) is 2.87. The zero-order valence-electron chi connectivity index (χ0n) is 12.4. The summed E-state index contributed by atoms with van der Waals surface area (Å²) in [6, 6.07) is 7.51. The summed E-state index contributed by atoms with van der Waals surface area (Å²) in [5, 5.41) is 0. The van der Waals surface area contributed by atoms with Crippen molar-refractivity contribution in [2.45, 2.75) is 29.2 Å². The molecule has 0 saturated heterocycles. The molecule has 7 heteroatoms. The summed E-state index contributed by atoms with van der Waals surface area (Å²) < 4.78 is 59.4. The summed E-state index contributed by atoms with van der Waals surface area (Å²) in [6.45, 7) is 0. The molecule has 2 aromatic carbocycles. The van der Waals surface area contributed by atoms with Crippen molar-refractivity contribution >= 4 is 22.6 Å². The minimum absolute atomic E-state index is 0.0940. The van der Waals surface area contributed by atoms with Gasteiger partial charge in [-0.1, -0.05) is 40.8 Å². The predicted octanol–water partition coefficient (Wildman–Crippen LogP) is 4.92. The number of benzene rings is 2. The van der Waals surface area contributed by atoms with Gasteiger partial charge in [-0.05, 0) is 42.2 Å². The van der Waals surface area contributed by atoms with Gasteiger partial charge < -0.3 is 10.5 Å². The molecule has 0 saturated carbocycles. The number of hydrogen-bond donors (Lipinski definition) is 1. The fourth-order valence-corrected chi connectivity index (χ4v) is 3.38. The van der Waals surface area contributed by atoms with Crippen LogP contribution in [0.1, 0.15) is 17.5 Å². The lowest BCUT2D eigenvalue weighted by Crippen LogP contribution is -2.36. The van der Waals surface area contributed by atoms with Crippen LogP contribution in [0, 0.1) is 5.82 Å². The molecular formula is C17H14F4INO. The molecule has 2 nitrogen and oxygen atoms in total. The van der Waals surface area contributed by atoms with Gasteiger partial charge in [0.25, 0.3) is 0 Å². The number of nitrogens with two attached hydrogens (primary N) is 1. The van der Waals surface area contributed by atoms with Crippen LogP contribution in [0.5, 0.6) is 5.75 Å². The molecule has 0 aromatic heterocycles. The van der Waals surface area contributed by atoms with E-state index in [1.807, 2.05) is 22.6 Å². The van der Waals surface area contributed by atoms with Gasteiger partial charge in [0, 0.05) is 5.56 Å². The first-order valence-corrected chi connectivity index (χ1v) is 8.57. The number of hydrogen-bond acceptors (Lipinski definition) is 2. The Bertz CT molecular complexity index is 761. The highest BCUT2D eigenvalue weighted by Crippen LogP contribution is 2.44. The predicted molar refractivity (Wildman–Crippen MR) is 91.6 cm³/mol. The third-order valence-corrected chi connectivity index (χ3v) is 4.78. The second kappa shape index (κ2) is 6.51. The molecule has 2 atom stereocenters. The largest absolute Gasteiger partial charge is 0.487 e. The summed E-state index contributed by atoms with van der Waals surface area (Å²) in [5.74, 6) is -0.294. The summed E-state index contributed by atoms with van der Waals surface area (Å²) in [4.78, 5) is 0. The first-order valence-electron chi connectivity index (χ1n) is 7.32. The molecule has 2 N–H and O–H groups in total. The van der Waals surface area contributed by atoms with Crippen LogP contribution in [0.25, 0.3) is 11.1 Å². The second-order valence-corrected chi connectivity index (χ2v) is 7.06. The molecule has 0 amide bonds. The first-order chi connectivity index (χ1) is 11.3. The second-order valence-electron chi connectivity index (χ2n) is 5.62. The highest BCUT2D eigenvalue weighted by Gasteiger charge is 2.35. The van der Waals surface area contributed by atoms with Crippen LogP contribution < -0.4 is 10.5 Å². The summed E-state index contributed by atoms with van der Waals surface area (Å²) in [5.41, 5.74) is 5.61. The lowest BCUT2D eigenvalue weighted by atomic mass is 9.93. The van der Waals surface area contributed by atoms with Gasteiger partial charge in [0.15, 0.2) is 0 Å². The normalized spacial score (nSPS) is 18.7. The topological polar surface area (TPSA) is 35.2 Å². The Morgan fingerprint density at radius 3 is 2.54 bits per heavy atom. The number of aryl methyl sites for hydroxylation is 1. The zero-order chi connectivity index (χ0) is 17.5. The van der Waals surface area contributed by atoms with E-state index in [0.717, 1.165) is 12.1 Å². The van der Waals surface area contributed by atoms with Crippen molar-refractivity contribution < 1.29 is 22.3 Å². The SMILES string of the molecule is NC(I)[C@H]1CCc2cc(F)cc(-c3ccccc3C(F)(F)F)c2O1. The Morgan fingerprint density at radius 1 is 1.17 bits per heavy atom. The third kappa shape index (κ3) is 3.37. The molecule has 1 heterocycles. The lowest BCUT2D eigenvalue weighted by molar-refractivity contribution is -0.137. The van der Waals surface area contributed by atoms with Crippen LogP contribution in [0.15, 0.2) is 36.4 Å². The van der Waals surface area contributed by atoms with Crippen molar-refractivity contribution in [2.75, 3.05) is 0 Å². The van der Waals surface area contributed by atoms with Crippen LogP contribution >= 0.6 is 22.6 Å². The maximum absolute atomic E-state index is 14.0. The highest BCUT2D eigenvalue weighted by molar-refractivity contribution is 14.1. The zero-order valence-corrected chi connectivity index (χ0v) is 14.6. The Balaban J connectivity index is 2.19. The average Bonchev–Trinajstić information content (AvgIpc) is 2.52. The van der Waals surface area contributed by atoms with Gasteiger partial charge in [-0.2, -0.15) is 13.2 Å². The maximum atomic E-state index is 14.0. The summed E-state index contributed by atoms with van der Waals surface area (Å²) >= 11 is 2.01. The maximum Gasteiger partial charge on any atom is 0.417 e. The van der Waals surface area contributed by atoms with E-state index in [9.17, 15) is 17.6 Å². The molecule has 1 aliphatic rings. The number of fused-ring (bicyclic) bond motifs is 1. The Kier molecular flexibility index (Phi) is 4.74. The van der Waals surface area contributed by atoms with E-state index in [4.69, 9.17) is 10.5 Å². The molecule has 0 aliphatic carbocycles. The van der Waals surface area contributed by atoms with Crippen molar-refractivity contribution in [1.82, 2.24) is 0 Å². The van der Waals surface area contributed by atoms with Gasteiger partial charge in [0.2, 0.25) is 0 Å². The van der Waals surface area contributed by atoms with Gasteiger partial charge in [-0.15, -0.1) is 0 Å². The van der Waals surface area contributed by atoms with Gasteiger partial charge in [0.1, 0.15) is 17.7 Å². The van der Waals surface area contributed by atoms with Gasteiger partial charge in [0.05, 0.1) is 9.61 Å². The fraction of sp³-hybridized carbons (Fsp3) is 0.294. The summed E-state index contributed by atoms with van der Waals surface area (Å²) in [7, 11) is 0. The van der Waals surface area contributed by atoms with Crippen molar-refractivity contribution in [3.05, 3.63) is 53.3 Å². The van der Waals surface area contributed by atoms with E-state index in [1.165, 1.54) is 24.3 Å². The van der Waals surface area contributed by atoms with Crippen LogP contribution in [0.2, 0.25) is 0 Å². The molecule has 0 spiro atoms. The van der Waals surface area contributed by atoms with Gasteiger partial charge in [-0.25, -0.2) is 4.39 Å². The van der Waals surface area contributed by atoms with E-state index >= 15 is 0 Å². The van der Waals surface area contributed by atoms with Crippen molar-refractivity contribution in [2.24, 2.45) is 5.73 Å². The molecule has 3 rings (SSSR count). The van der Waals surface area contributed by atoms with Crippen LogP contribution in [-0.4, -0.2) is 10.2 Å². The van der Waals surface area contributed by atoms with Crippen LogP contribution in [0.4, 0.5) is 17.6 Å². The number of alkyl halides is 4. The van der Waals surface area contributed by atoms with E-state index in [2.05, 4.69) is 0 Å². The minimum atomic E-state index is -4.54. The quantitative estimate of drug-likeness (QED) is 0.305. The molecule has 128 valence electrons. The van der Waals surface area contributed by atoms with Crippen LogP contribution in [-0.2, 0) is 12.6 Å². The van der Waals surface area contributed by atoms with Crippen molar-refractivity contribution in [1.29, 1.82) is 0 Å². The average molecular weight is 451 g/mol. The molecule has 1 aliphatic heterocycles. The first kappa shape index (κ1) is 17.5. The highest BCUT2D eigenvalue weighted by atomic mass is 127. The molecule has 2 aromatic rings. The molecular weight excluding hydrogens is 437 g/mol. The Morgan fingerprint density at radius 2 is 1.88 bits per heavy atom.